The fourth-order valence-corrected chi connectivity index (χ4v) is 3.64. The van der Waals surface area contributed by atoms with Crippen LogP contribution >= 0.6 is 0 Å². The van der Waals surface area contributed by atoms with Crippen molar-refractivity contribution in [1.82, 2.24) is 9.80 Å². The predicted molar refractivity (Wildman–Crippen MR) is 85.2 cm³/mol. The van der Waals surface area contributed by atoms with Crippen molar-refractivity contribution in [2.45, 2.75) is 38.6 Å². The van der Waals surface area contributed by atoms with Gasteiger partial charge in [-0.25, -0.2) is 0 Å². The Morgan fingerprint density at radius 2 is 2.05 bits per heavy atom. The van der Waals surface area contributed by atoms with E-state index in [1.165, 1.54) is 11.1 Å². The maximum Gasteiger partial charge on any atom is 0.226 e. The van der Waals surface area contributed by atoms with Crippen molar-refractivity contribution < 1.29 is 9.59 Å². The van der Waals surface area contributed by atoms with Crippen LogP contribution in [-0.2, 0) is 9.59 Å². The standard InChI is InChI=1S/C18H24N2O2/c1-13-5-3-6-14(11-13)16-7-4-9-20(16)18(22)15-8-10-19(2)17(21)12-15/h3,5-6,11,15-16H,4,7-10,12H2,1-2H3/t15-,16+/m1/s1. The highest BCUT2D eigenvalue weighted by Gasteiger charge is 2.36. The molecule has 2 saturated heterocycles. The summed E-state index contributed by atoms with van der Waals surface area (Å²) in [5.74, 6) is 0.135. The van der Waals surface area contributed by atoms with E-state index >= 15 is 0 Å². The van der Waals surface area contributed by atoms with Crippen LogP contribution in [-0.4, -0.2) is 41.8 Å². The second-order valence-corrected chi connectivity index (χ2v) is 6.61. The smallest absolute Gasteiger partial charge is 0.226 e. The minimum atomic E-state index is -0.130. The first-order valence-corrected chi connectivity index (χ1v) is 8.17. The van der Waals surface area contributed by atoms with Crippen molar-refractivity contribution in [2.75, 3.05) is 20.1 Å². The van der Waals surface area contributed by atoms with E-state index in [1.807, 2.05) is 11.9 Å². The van der Waals surface area contributed by atoms with Crippen LogP contribution in [0.25, 0.3) is 0 Å². The highest BCUT2D eigenvalue weighted by Crippen LogP contribution is 2.34. The molecule has 0 N–H and O–H groups in total. The Labute approximate surface area is 132 Å². The fraction of sp³-hybridized carbons (Fsp3) is 0.556. The first-order chi connectivity index (χ1) is 10.6. The van der Waals surface area contributed by atoms with Gasteiger partial charge < -0.3 is 9.80 Å². The van der Waals surface area contributed by atoms with E-state index in [0.717, 1.165) is 25.8 Å². The summed E-state index contributed by atoms with van der Waals surface area (Å²) < 4.78 is 0. The largest absolute Gasteiger partial charge is 0.346 e. The molecule has 118 valence electrons. The molecule has 0 radical (unpaired) electrons. The number of carbonyl (C=O) groups is 2. The van der Waals surface area contributed by atoms with E-state index in [1.54, 1.807) is 4.90 Å². The van der Waals surface area contributed by atoms with Crippen molar-refractivity contribution in [3.8, 4) is 0 Å². The van der Waals surface area contributed by atoms with Crippen LogP contribution < -0.4 is 0 Å². The molecule has 2 aliphatic rings. The van der Waals surface area contributed by atoms with Crippen molar-refractivity contribution in [1.29, 1.82) is 0 Å². The topological polar surface area (TPSA) is 40.6 Å². The molecule has 0 aliphatic carbocycles. The van der Waals surface area contributed by atoms with Gasteiger partial charge in [-0.1, -0.05) is 29.8 Å². The lowest BCUT2D eigenvalue weighted by molar-refractivity contribution is -0.145. The van der Waals surface area contributed by atoms with Gasteiger partial charge in [0.25, 0.3) is 0 Å². The first-order valence-electron chi connectivity index (χ1n) is 8.17. The van der Waals surface area contributed by atoms with Crippen LogP contribution in [0.4, 0.5) is 0 Å². The van der Waals surface area contributed by atoms with Gasteiger partial charge in [0, 0.05) is 32.5 Å². The molecule has 2 aliphatic heterocycles. The molecule has 0 saturated carbocycles. The Morgan fingerprint density at radius 1 is 1.23 bits per heavy atom. The Bertz CT molecular complexity index is 584. The number of piperidine rings is 1. The number of rotatable bonds is 2. The average Bonchev–Trinajstić information content (AvgIpc) is 2.99. The summed E-state index contributed by atoms with van der Waals surface area (Å²) in [4.78, 5) is 28.5. The van der Waals surface area contributed by atoms with Gasteiger partial charge in [-0.2, -0.15) is 0 Å². The summed E-state index contributed by atoms with van der Waals surface area (Å²) in [5, 5.41) is 0. The Hall–Kier alpha value is -1.84. The normalized spacial score (nSPS) is 25.6. The highest BCUT2D eigenvalue weighted by molar-refractivity contribution is 5.87. The van der Waals surface area contributed by atoms with E-state index in [4.69, 9.17) is 0 Å². The van der Waals surface area contributed by atoms with Gasteiger partial charge in [0.2, 0.25) is 11.8 Å². The van der Waals surface area contributed by atoms with Crippen LogP contribution in [0, 0.1) is 12.8 Å². The number of nitrogens with zero attached hydrogens (tertiary/aromatic N) is 2. The van der Waals surface area contributed by atoms with E-state index in [9.17, 15) is 9.59 Å². The van der Waals surface area contributed by atoms with Gasteiger partial charge in [-0.15, -0.1) is 0 Å². The average molecular weight is 300 g/mol. The Morgan fingerprint density at radius 3 is 2.77 bits per heavy atom. The van der Waals surface area contributed by atoms with Crippen LogP contribution in [0.1, 0.15) is 42.9 Å². The number of benzene rings is 1. The van der Waals surface area contributed by atoms with E-state index in [0.29, 0.717) is 13.0 Å². The zero-order chi connectivity index (χ0) is 15.7. The predicted octanol–water partition coefficient (Wildman–Crippen LogP) is 2.53. The quantitative estimate of drug-likeness (QED) is 0.842. The minimum absolute atomic E-state index is 0.0934. The van der Waals surface area contributed by atoms with Crippen LogP contribution in [0.2, 0.25) is 0 Å². The molecule has 4 heteroatoms. The molecule has 0 aromatic heterocycles. The first kappa shape index (κ1) is 15.1. The number of aryl methyl sites for hydroxylation is 1. The molecular weight excluding hydrogens is 276 g/mol. The van der Waals surface area contributed by atoms with E-state index in [2.05, 4.69) is 31.2 Å². The highest BCUT2D eigenvalue weighted by atomic mass is 16.2. The zero-order valence-corrected chi connectivity index (χ0v) is 13.4. The molecule has 1 aromatic carbocycles. The van der Waals surface area contributed by atoms with Crippen LogP contribution in [0.15, 0.2) is 24.3 Å². The lowest BCUT2D eigenvalue weighted by Gasteiger charge is -2.33. The lowest BCUT2D eigenvalue weighted by atomic mass is 9.94. The molecule has 2 amide bonds. The Balaban J connectivity index is 1.75. The fourth-order valence-electron chi connectivity index (χ4n) is 3.64. The summed E-state index contributed by atoms with van der Waals surface area (Å²) >= 11 is 0. The molecule has 2 atom stereocenters. The van der Waals surface area contributed by atoms with Gasteiger partial charge in [0.05, 0.1) is 6.04 Å². The van der Waals surface area contributed by atoms with Gasteiger partial charge in [0.1, 0.15) is 0 Å². The molecule has 3 rings (SSSR count). The number of hydrogen-bond acceptors (Lipinski definition) is 2. The molecule has 2 fully saturated rings. The third-order valence-electron chi connectivity index (χ3n) is 4.97. The summed E-state index contributed by atoms with van der Waals surface area (Å²) in [6.07, 6.45) is 3.23. The third-order valence-corrected chi connectivity index (χ3v) is 4.97. The summed E-state index contributed by atoms with van der Waals surface area (Å²) in [6, 6.07) is 8.62. The maximum absolute atomic E-state index is 12.9. The molecular formula is C18H24N2O2. The number of carbonyl (C=O) groups excluding carboxylic acids is 2. The molecule has 0 bridgehead atoms. The zero-order valence-electron chi connectivity index (χ0n) is 13.4. The lowest BCUT2D eigenvalue weighted by Crippen LogP contribution is -2.43. The second kappa shape index (κ2) is 6.11. The van der Waals surface area contributed by atoms with Crippen molar-refractivity contribution in [3.63, 3.8) is 0 Å². The minimum Gasteiger partial charge on any atom is -0.346 e. The van der Waals surface area contributed by atoms with Crippen molar-refractivity contribution in [3.05, 3.63) is 35.4 Å². The molecule has 4 nitrogen and oxygen atoms in total. The maximum atomic E-state index is 12.9. The summed E-state index contributed by atoms with van der Waals surface area (Å²) in [5.41, 5.74) is 2.45. The van der Waals surface area contributed by atoms with Gasteiger partial charge in [-0.3, -0.25) is 9.59 Å². The summed E-state index contributed by atoms with van der Waals surface area (Å²) in [7, 11) is 1.81. The molecule has 22 heavy (non-hydrogen) atoms. The van der Waals surface area contributed by atoms with Crippen molar-refractivity contribution in [2.24, 2.45) is 5.92 Å². The SMILES string of the molecule is Cc1cccc([C@@H]2CCCN2C(=O)[C@@H]2CCN(C)C(=O)C2)c1. The molecule has 0 spiro atoms. The number of hydrogen-bond donors (Lipinski definition) is 0. The van der Waals surface area contributed by atoms with Crippen molar-refractivity contribution >= 4 is 11.8 Å². The van der Waals surface area contributed by atoms with E-state index < -0.39 is 0 Å². The monoisotopic (exact) mass is 300 g/mol. The van der Waals surface area contributed by atoms with Gasteiger partial charge in [0.15, 0.2) is 0 Å². The second-order valence-electron chi connectivity index (χ2n) is 6.61. The number of amides is 2. The summed E-state index contributed by atoms with van der Waals surface area (Å²) in [6.45, 7) is 3.59. The molecule has 0 unspecified atom stereocenters. The third kappa shape index (κ3) is 2.87. The van der Waals surface area contributed by atoms with E-state index in [-0.39, 0.29) is 23.8 Å². The number of likely N-dealkylation sites (tertiary alicyclic amines) is 2. The molecule has 2 heterocycles. The Kier molecular flexibility index (Phi) is 4.19. The molecule has 1 aromatic rings. The van der Waals surface area contributed by atoms with Gasteiger partial charge in [-0.05, 0) is 31.7 Å². The van der Waals surface area contributed by atoms with Crippen LogP contribution in [0.5, 0.6) is 0 Å². The van der Waals surface area contributed by atoms with Crippen LogP contribution in [0.3, 0.4) is 0 Å². The van der Waals surface area contributed by atoms with Gasteiger partial charge >= 0.3 is 0 Å².